The topological polar surface area (TPSA) is 106 Å². The van der Waals surface area contributed by atoms with E-state index in [1.807, 2.05) is 11.2 Å². The number of aromatic nitrogens is 2. The average Bonchev–Trinajstić information content (AvgIpc) is 3.33. The predicted molar refractivity (Wildman–Crippen MR) is 117 cm³/mol. The molecule has 0 atom stereocenters. The second-order valence-corrected chi connectivity index (χ2v) is 7.81. The molecule has 0 spiro atoms. The Balaban J connectivity index is 1.54. The Morgan fingerprint density at radius 3 is 2.52 bits per heavy atom. The van der Waals surface area contributed by atoms with E-state index in [4.69, 9.17) is 4.42 Å². The van der Waals surface area contributed by atoms with Crippen molar-refractivity contribution < 1.29 is 14.1 Å². The van der Waals surface area contributed by atoms with E-state index in [0.717, 1.165) is 0 Å². The van der Waals surface area contributed by atoms with Crippen molar-refractivity contribution in [2.45, 2.75) is 11.9 Å². The summed E-state index contributed by atoms with van der Waals surface area (Å²) in [7, 11) is 0. The predicted octanol–water partition coefficient (Wildman–Crippen LogP) is 3.64. The highest BCUT2D eigenvalue weighted by atomic mass is 32.2. The number of furan rings is 1. The number of benzene rings is 1. The van der Waals surface area contributed by atoms with Crippen LogP contribution in [0, 0.1) is 17.0 Å². The lowest BCUT2D eigenvalue weighted by atomic mass is 10.1. The lowest BCUT2D eigenvalue weighted by Crippen LogP contribution is -2.49. The van der Waals surface area contributed by atoms with E-state index in [9.17, 15) is 14.9 Å². The van der Waals surface area contributed by atoms with Crippen molar-refractivity contribution in [3.05, 3.63) is 64.0 Å². The number of carbonyl (C=O) groups excluding carboxylic acids is 1. The minimum absolute atomic E-state index is 0.0738. The van der Waals surface area contributed by atoms with Crippen LogP contribution in [0.4, 0.5) is 11.4 Å². The molecular weight excluding hydrogens is 418 g/mol. The molecule has 0 N–H and O–H groups in total. The van der Waals surface area contributed by atoms with E-state index in [0.29, 0.717) is 59.7 Å². The van der Waals surface area contributed by atoms with Crippen LogP contribution in [0.1, 0.15) is 16.1 Å². The van der Waals surface area contributed by atoms with E-state index < -0.39 is 0 Å². The third kappa shape index (κ3) is 4.11. The summed E-state index contributed by atoms with van der Waals surface area (Å²) in [6, 6.07) is 10.2. The molecule has 0 bridgehead atoms. The van der Waals surface area contributed by atoms with Gasteiger partial charge in [-0.05, 0) is 31.4 Å². The number of rotatable bonds is 5. The summed E-state index contributed by atoms with van der Waals surface area (Å²) < 4.78 is 5.39. The first-order valence-electron chi connectivity index (χ1n) is 9.73. The Morgan fingerprint density at radius 2 is 1.87 bits per heavy atom. The lowest BCUT2D eigenvalue weighted by Gasteiger charge is -2.36. The van der Waals surface area contributed by atoms with Crippen LogP contribution in [0.2, 0.25) is 0 Å². The number of nitrogens with zero attached hydrogens (tertiary/aromatic N) is 5. The molecule has 1 aromatic carbocycles. The quantitative estimate of drug-likeness (QED) is 0.257. The van der Waals surface area contributed by atoms with Crippen molar-refractivity contribution in [2.75, 3.05) is 37.3 Å². The summed E-state index contributed by atoms with van der Waals surface area (Å²) >= 11 is 1.39. The van der Waals surface area contributed by atoms with Gasteiger partial charge in [-0.2, -0.15) is 0 Å². The molecule has 1 aliphatic heterocycles. The molecule has 1 aliphatic rings. The fourth-order valence-electron chi connectivity index (χ4n) is 3.65. The summed E-state index contributed by atoms with van der Waals surface area (Å²) in [5.74, 6) is 0.870. The first kappa shape index (κ1) is 20.9. The molecule has 4 rings (SSSR count). The van der Waals surface area contributed by atoms with Gasteiger partial charge in [0.1, 0.15) is 10.7 Å². The maximum absolute atomic E-state index is 13.3. The van der Waals surface area contributed by atoms with E-state index in [2.05, 4.69) is 9.97 Å². The molecule has 9 nitrogen and oxygen atoms in total. The summed E-state index contributed by atoms with van der Waals surface area (Å²) in [6.45, 7) is 3.73. The second-order valence-electron chi connectivity index (χ2n) is 7.02. The Hall–Kier alpha value is -3.40. The number of piperazine rings is 1. The number of anilines is 1. The summed E-state index contributed by atoms with van der Waals surface area (Å²) in [6.07, 6.45) is 3.43. The smallest absolute Gasteiger partial charge is 0.292 e. The van der Waals surface area contributed by atoms with Crippen molar-refractivity contribution in [2.24, 2.45) is 0 Å². The van der Waals surface area contributed by atoms with Gasteiger partial charge in [0.2, 0.25) is 0 Å². The molecule has 0 saturated carbocycles. The van der Waals surface area contributed by atoms with Crippen molar-refractivity contribution in [1.82, 2.24) is 14.9 Å². The van der Waals surface area contributed by atoms with Crippen molar-refractivity contribution >= 4 is 29.0 Å². The zero-order valence-corrected chi connectivity index (χ0v) is 18.0. The molecule has 3 heterocycles. The number of nitro groups is 1. The molecule has 0 aliphatic carbocycles. The number of hydrogen-bond acceptors (Lipinski definition) is 8. The Morgan fingerprint density at radius 1 is 1.13 bits per heavy atom. The number of amides is 1. The first-order valence-corrected chi connectivity index (χ1v) is 11.0. The van der Waals surface area contributed by atoms with Crippen LogP contribution < -0.4 is 4.90 Å². The molecule has 2 aromatic heterocycles. The van der Waals surface area contributed by atoms with Gasteiger partial charge in [-0.3, -0.25) is 14.9 Å². The monoisotopic (exact) mass is 439 g/mol. The van der Waals surface area contributed by atoms with Gasteiger partial charge < -0.3 is 14.2 Å². The SMILES string of the molecule is CSc1nc(-c2ccco2)nc(C)c1C(=O)N1CCN(c2ccccc2[N+](=O)[O-])CC1. The van der Waals surface area contributed by atoms with Crippen LogP contribution in [0.15, 0.2) is 52.1 Å². The number of thioether (sulfide) groups is 1. The van der Waals surface area contributed by atoms with Gasteiger partial charge in [-0.1, -0.05) is 12.1 Å². The third-order valence-corrected chi connectivity index (χ3v) is 5.87. The van der Waals surface area contributed by atoms with Gasteiger partial charge in [0, 0.05) is 32.2 Å². The summed E-state index contributed by atoms with van der Waals surface area (Å²) in [4.78, 5) is 37.0. The molecular formula is C21H21N5O4S. The zero-order valence-electron chi connectivity index (χ0n) is 17.1. The number of carbonyl (C=O) groups is 1. The molecule has 1 fully saturated rings. The molecule has 31 heavy (non-hydrogen) atoms. The normalized spacial score (nSPS) is 14.0. The average molecular weight is 439 g/mol. The van der Waals surface area contributed by atoms with Gasteiger partial charge in [0.05, 0.1) is 22.4 Å². The highest BCUT2D eigenvalue weighted by Gasteiger charge is 2.29. The number of aryl methyl sites for hydroxylation is 1. The van der Waals surface area contributed by atoms with Gasteiger partial charge in [0.25, 0.3) is 11.6 Å². The fourth-order valence-corrected chi connectivity index (χ4v) is 4.27. The van der Waals surface area contributed by atoms with Crippen molar-refractivity contribution in [3.8, 4) is 11.6 Å². The van der Waals surface area contributed by atoms with Crippen LogP contribution in [0.5, 0.6) is 0 Å². The second kappa shape index (κ2) is 8.76. The van der Waals surface area contributed by atoms with Gasteiger partial charge >= 0.3 is 0 Å². The van der Waals surface area contributed by atoms with Crippen LogP contribution >= 0.6 is 11.8 Å². The molecule has 10 heteroatoms. The van der Waals surface area contributed by atoms with Crippen molar-refractivity contribution in [3.63, 3.8) is 0 Å². The van der Waals surface area contributed by atoms with Gasteiger partial charge in [-0.25, -0.2) is 9.97 Å². The lowest BCUT2D eigenvalue weighted by molar-refractivity contribution is -0.384. The minimum Gasteiger partial charge on any atom is -0.461 e. The first-order chi connectivity index (χ1) is 15.0. The highest BCUT2D eigenvalue weighted by Crippen LogP contribution is 2.30. The molecule has 3 aromatic rings. The molecule has 0 unspecified atom stereocenters. The Kier molecular flexibility index (Phi) is 5.90. The Bertz CT molecular complexity index is 1110. The number of nitro benzene ring substituents is 1. The fraction of sp³-hybridized carbons (Fsp3) is 0.286. The van der Waals surface area contributed by atoms with Crippen LogP contribution in [0.3, 0.4) is 0 Å². The van der Waals surface area contributed by atoms with Gasteiger partial charge in [0.15, 0.2) is 11.6 Å². The van der Waals surface area contributed by atoms with E-state index in [-0.39, 0.29) is 16.5 Å². The van der Waals surface area contributed by atoms with Crippen LogP contribution in [-0.2, 0) is 0 Å². The maximum Gasteiger partial charge on any atom is 0.292 e. The Labute approximate surface area is 183 Å². The van der Waals surface area contributed by atoms with E-state index in [1.165, 1.54) is 17.8 Å². The zero-order chi connectivity index (χ0) is 22.0. The summed E-state index contributed by atoms with van der Waals surface area (Å²) in [5, 5.41) is 11.9. The molecule has 1 amide bonds. The number of hydrogen-bond donors (Lipinski definition) is 0. The molecule has 1 saturated heterocycles. The van der Waals surface area contributed by atoms with E-state index in [1.54, 1.807) is 48.4 Å². The third-order valence-electron chi connectivity index (χ3n) is 5.19. The van der Waals surface area contributed by atoms with Crippen LogP contribution in [0.25, 0.3) is 11.6 Å². The highest BCUT2D eigenvalue weighted by molar-refractivity contribution is 7.98. The molecule has 160 valence electrons. The maximum atomic E-state index is 13.3. The van der Waals surface area contributed by atoms with E-state index >= 15 is 0 Å². The largest absolute Gasteiger partial charge is 0.461 e. The summed E-state index contributed by atoms with van der Waals surface area (Å²) in [5.41, 5.74) is 1.73. The molecule has 0 radical (unpaired) electrons. The minimum atomic E-state index is -0.376. The van der Waals surface area contributed by atoms with Crippen LogP contribution in [-0.4, -0.2) is 58.1 Å². The van der Waals surface area contributed by atoms with Gasteiger partial charge in [-0.15, -0.1) is 11.8 Å². The standard InChI is InChI=1S/C21H21N5O4S/c1-14-18(20(31-2)23-19(22-14)17-8-5-13-30-17)21(27)25-11-9-24(10-12-25)15-6-3-4-7-16(15)26(28)29/h3-8,13H,9-12H2,1-2H3. The van der Waals surface area contributed by atoms with Crippen molar-refractivity contribution in [1.29, 1.82) is 0 Å². The number of para-hydroxylation sites is 2.